The quantitative estimate of drug-likeness (QED) is 0.858. The van der Waals surface area contributed by atoms with E-state index in [-0.39, 0.29) is 12.3 Å². The molecular formula is C17H26N2O2. The summed E-state index contributed by atoms with van der Waals surface area (Å²) in [5, 5.41) is 2.90. The highest BCUT2D eigenvalue weighted by Gasteiger charge is 2.18. The Labute approximate surface area is 127 Å². The van der Waals surface area contributed by atoms with Gasteiger partial charge in [-0.25, -0.2) is 4.79 Å². The number of amides is 2. The van der Waals surface area contributed by atoms with Gasteiger partial charge in [-0.15, -0.1) is 0 Å². The number of piperidine rings is 1. The molecule has 4 nitrogen and oxygen atoms in total. The number of nitrogens with one attached hydrogen (secondary N) is 1. The van der Waals surface area contributed by atoms with Crippen molar-refractivity contribution in [3.05, 3.63) is 29.8 Å². The van der Waals surface area contributed by atoms with Gasteiger partial charge in [0.2, 0.25) is 0 Å². The molecule has 0 aliphatic carbocycles. The van der Waals surface area contributed by atoms with Crippen LogP contribution in [-0.2, 0) is 0 Å². The van der Waals surface area contributed by atoms with Gasteiger partial charge in [-0.1, -0.05) is 26.0 Å². The standard InChI is InChI=1S/C17H26N2O2/c1-13(2)15-7-9-16(10-8-15)21-14(3)18-17(20)19-11-5-4-6-12-19/h7-10,13-14H,4-6,11-12H2,1-3H3,(H,18,20). The monoisotopic (exact) mass is 290 g/mol. The molecule has 1 fully saturated rings. The number of rotatable bonds is 4. The SMILES string of the molecule is CC(NC(=O)N1CCCCC1)Oc1ccc(C(C)C)cc1. The Morgan fingerprint density at radius 1 is 1.10 bits per heavy atom. The van der Waals surface area contributed by atoms with E-state index in [1.807, 2.05) is 24.0 Å². The highest BCUT2D eigenvalue weighted by Crippen LogP contribution is 2.19. The van der Waals surface area contributed by atoms with Gasteiger partial charge in [0, 0.05) is 13.1 Å². The van der Waals surface area contributed by atoms with Gasteiger partial charge in [0.05, 0.1) is 0 Å². The fourth-order valence-electron chi connectivity index (χ4n) is 2.53. The minimum atomic E-state index is -0.329. The second-order valence-corrected chi connectivity index (χ2v) is 5.98. The topological polar surface area (TPSA) is 41.6 Å². The molecule has 0 bridgehead atoms. The molecular weight excluding hydrogens is 264 g/mol. The molecule has 0 spiro atoms. The summed E-state index contributed by atoms with van der Waals surface area (Å²) in [7, 11) is 0. The fraction of sp³-hybridized carbons (Fsp3) is 0.588. The lowest BCUT2D eigenvalue weighted by Gasteiger charge is -2.28. The van der Waals surface area contributed by atoms with Gasteiger partial charge < -0.3 is 15.0 Å². The Hall–Kier alpha value is -1.71. The van der Waals surface area contributed by atoms with Crippen molar-refractivity contribution in [1.29, 1.82) is 0 Å². The molecule has 1 aliphatic rings. The smallest absolute Gasteiger partial charge is 0.320 e. The van der Waals surface area contributed by atoms with Crippen LogP contribution in [0.5, 0.6) is 5.75 Å². The lowest BCUT2D eigenvalue weighted by atomic mass is 10.0. The molecule has 1 heterocycles. The third-order valence-corrected chi connectivity index (χ3v) is 3.83. The van der Waals surface area contributed by atoms with E-state index in [0.29, 0.717) is 5.92 Å². The number of ether oxygens (including phenoxy) is 1. The van der Waals surface area contributed by atoms with Crippen molar-refractivity contribution < 1.29 is 9.53 Å². The lowest BCUT2D eigenvalue weighted by molar-refractivity contribution is 0.147. The Bertz CT molecular complexity index is 450. The highest BCUT2D eigenvalue weighted by atomic mass is 16.5. The molecule has 0 radical (unpaired) electrons. The molecule has 21 heavy (non-hydrogen) atoms. The zero-order chi connectivity index (χ0) is 15.2. The van der Waals surface area contributed by atoms with Gasteiger partial charge in [0.1, 0.15) is 5.75 Å². The largest absolute Gasteiger partial charge is 0.471 e. The first-order valence-corrected chi connectivity index (χ1v) is 7.88. The summed E-state index contributed by atoms with van der Waals surface area (Å²) in [5.74, 6) is 1.29. The van der Waals surface area contributed by atoms with Gasteiger partial charge in [-0.2, -0.15) is 0 Å². The summed E-state index contributed by atoms with van der Waals surface area (Å²) < 4.78 is 5.75. The van der Waals surface area contributed by atoms with E-state index in [2.05, 4.69) is 31.3 Å². The Kier molecular flexibility index (Phi) is 5.48. The first-order chi connectivity index (χ1) is 10.1. The lowest BCUT2D eigenvalue weighted by Crippen LogP contribution is -2.47. The van der Waals surface area contributed by atoms with Crippen LogP contribution in [0.3, 0.4) is 0 Å². The second kappa shape index (κ2) is 7.34. The van der Waals surface area contributed by atoms with E-state index in [4.69, 9.17) is 4.74 Å². The maximum atomic E-state index is 12.1. The molecule has 1 aliphatic heterocycles. The zero-order valence-corrected chi connectivity index (χ0v) is 13.3. The van der Waals surface area contributed by atoms with Crippen molar-refractivity contribution in [2.45, 2.75) is 52.2 Å². The summed E-state index contributed by atoms with van der Waals surface area (Å²) in [6, 6.07) is 8.02. The fourth-order valence-corrected chi connectivity index (χ4v) is 2.53. The van der Waals surface area contributed by atoms with Gasteiger partial charge in [0.15, 0.2) is 6.23 Å². The molecule has 2 rings (SSSR count). The van der Waals surface area contributed by atoms with Crippen molar-refractivity contribution in [1.82, 2.24) is 10.2 Å². The van der Waals surface area contributed by atoms with Crippen LogP contribution in [0.25, 0.3) is 0 Å². The van der Waals surface area contributed by atoms with Crippen LogP contribution < -0.4 is 10.1 Å². The van der Waals surface area contributed by atoms with Gasteiger partial charge >= 0.3 is 6.03 Å². The molecule has 1 aromatic carbocycles. The van der Waals surface area contributed by atoms with Crippen LogP contribution in [0.2, 0.25) is 0 Å². The average molecular weight is 290 g/mol. The number of hydrogen-bond donors (Lipinski definition) is 1. The number of hydrogen-bond acceptors (Lipinski definition) is 2. The Morgan fingerprint density at radius 3 is 2.29 bits per heavy atom. The molecule has 1 aromatic rings. The normalized spacial score (nSPS) is 16.7. The number of urea groups is 1. The van der Waals surface area contributed by atoms with Crippen LogP contribution in [0.15, 0.2) is 24.3 Å². The average Bonchev–Trinajstić information content (AvgIpc) is 2.48. The van der Waals surface area contributed by atoms with Gasteiger partial charge in [-0.3, -0.25) is 0 Å². The molecule has 4 heteroatoms. The summed E-state index contributed by atoms with van der Waals surface area (Å²) in [4.78, 5) is 13.9. The minimum Gasteiger partial charge on any atom is -0.471 e. The first-order valence-electron chi connectivity index (χ1n) is 7.88. The summed E-state index contributed by atoms with van der Waals surface area (Å²) in [5.41, 5.74) is 1.28. The maximum absolute atomic E-state index is 12.1. The highest BCUT2D eigenvalue weighted by molar-refractivity contribution is 5.74. The molecule has 116 valence electrons. The van der Waals surface area contributed by atoms with Crippen LogP contribution in [0, 0.1) is 0 Å². The van der Waals surface area contributed by atoms with Crippen molar-refractivity contribution in [3.63, 3.8) is 0 Å². The summed E-state index contributed by atoms with van der Waals surface area (Å²) in [6.07, 6.45) is 3.08. The number of nitrogens with zero attached hydrogens (tertiary/aromatic N) is 1. The first kappa shape index (κ1) is 15.7. The molecule has 2 amide bonds. The predicted molar refractivity (Wildman–Crippen MR) is 84.6 cm³/mol. The minimum absolute atomic E-state index is 0.0269. The molecule has 1 unspecified atom stereocenters. The van der Waals surface area contributed by atoms with Crippen LogP contribution >= 0.6 is 0 Å². The Morgan fingerprint density at radius 2 is 1.71 bits per heavy atom. The third kappa shape index (κ3) is 4.66. The van der Waals surface area contributed by atoms with Crippen LogP contribution in [0.4, 0.5) is 4.79 Å². The predicted octanol–water partition coefficient (Wildman–Crippen LogP) is 3.73. The Balaban J connectivity index is 1.83. The number of likely N-dealkylation sites (tertiary alicyclic amines) is 1. The van der Waals surface area contributed by atoms with E-state index < -0.39 is 0 Å². The number of carbonyl (C=O) groups is 1. The number of carbonyl (C=O) groups excluding carboxylic acids is 1. The van der Waals surface area contributed by atoms with Gasteiger partial charge in [0.25, 0.3) is 0 Å². The van der Waals surface area contributed by atoms with Crippen molar-refractivity contribution >= 4 is 6.03 Å². The molecule has 0 saturated carbocycles. The van der Waals surface area contributed by atoms with Crippen molar-refractivity contribution in [2.75, 3.05) is 13.1 Å². The van der Waals surface area contributed by atoms with E-state index in [0.717, 1.165) is 31.7 Å². The zero-order valence-electron chi connectivity index (χ0n) is 13.3. The summed E-state index contributed by atoms with van der Waals surface area (Å²) in [6.45, 7) is 7.89. The van der Waals surface area contributed by atoms with E-state index >= 15 is 0 Å². The molecule has 1 atom stereocenters. The molecule has 1 saturated heterocycles. The summed E-state index contributed by atoms with van der Waals surface area (Å²) >= 11 is 0. The van der Waals surface area contributed by atoms with E-state index in [1.54, 1.807) is 0 Å². The van der Waals surface area contributed by atoms with Gasteiger partial charge in [-0.05, 0) is 49.8 Å². The van der Waals surface area contributed by atoms with E-state index in [9.17, 15) is 4.79 Å². The second-order valence-electron chi connectivity index (χ2n) is 5.98. The third-order valence-electron chi connectivity index (χ3n) is 3.83. The number of benzene rings is 1. The molecule has 1 N–H and O–H groups in total. The molecule has 0 aromatic heterocycles. The van der Waals surface area contributed by atoms with Crippen LogP contribution in [-0.4, -0.2) is 30.2 Å². The van der Waals surface area contributed by atoms with Crippen LogP contribution in [0.1, 0.15) is 51.5 Å². The van der Waals surface area contributed by atoms with Crippen molar-refractivity contribution in [3.8, 4) is 5.75 Å². The maximum Gasteiger partial charge on any atom is 0.320 e. The van der Waals surface area contributed by atoms with E-state index in [1.165, 1.54) is 12.0 Å². The van der Waals surface area contributed by atoms with Crippen molar-refractivity contribution in [2.24, 2.45) is 0 Å².